The van der Waals surface area contributed by atoms with Crippen LogP contribution < -0.4 is 0 Å². The third kappa shape index (κ3) is 6.35. The van der Waals surface area contributed by atoms with E-state index in [1.54, 1.807) is 16.1 Å². The number of hydrogen-bond donors (Lipinski definition) is 0. The number of oxazole rings is 1. The molecular weight excluding hydrogens is 398 g/mol. The van der Waals surface area contributed by atoms with Gasteiger partial charge in [-0.05, 0) is 60.0 Å². The first kappa shape index (κ1) is 22.9. The van der Waals surface area contributed by atoms with Crippen LogP contribution in [0.2, 0.25) is 0 Å². The van der Waals surface area contributed by atoms with Crippen LogP contribution in [0.3, 0.4) is 0 Å². The van der Waals surface area contributed by atoms with Crippen LogP contribution in [0.25, 0.3) is 11.1 Å². The maximum Gasteiger partial charge on any atom is 0.410 e. The quantitative estimate of drug-likeness (QED) is 0.673. The topological polar surface area (TPSA) is 85.1 Å². The lowest BCUT2D eigenvalue weighted by Crippen LogP contribution is -2.39. The van der Waals surface area contributed by atoms with E-state index in [9.17, 15) is 9.59 Å². The molecule has 3 heterocycles. The predicted molar refractivity (Wildman–Crippen MR) is 117 cm³/mol. The smallest absolute Gasteiger partial charge is 0.410 e. The molecule has 1 aromatic rings. The number of carbonyl (C=O) groups is 2. The standard InChI is InChI=1S/C23H33N3O5/c1-22(2,3)30-20(27)25-11-7-16(8-12-25)18-15-29-19(24-18)17-9-13-26(14-10-17)21(28)31-23(4,5)6/h7,9,15H,8,10-14H2,1-6H3. The molecule has 8 nitrogen and oxygen atoms in total. The molecule has 0 aromatic carbocycles. The highest BCUT2D eigenvalue weighted by molar-refractivity contribution is 5.73. The molecule has 0 spiro atoms. The fraction of sp³-hybridized carbons (Fsp3) is 0.609. The van der Waals surface area contributed by atoms with E-state index in [-0.39, 0.29) is 12.2 Å². The van der Waals surface area contributed by atoms with Crippen molar-refractivity contribution in [2.45, 2.75) is 65.6 Å². The first-order chi connectivity index (χ1) is 14.4. The van der Waals surface area contributed by atoms with Gasteiger partial charge in [-0.1, -0.05) is 12.2 Å². The number of rotatable bonds is 2. The highest BCUT2D eigenvalue weighted by atomic mass is 16.6. The third-order valence-corrected chi connectivity index (χ3v) is 4.83. The monoisotopic (exact) mass is 431 g/mol. The van der Waals surface area contributed by atoms with Crippen LogP contribution in [-0.2, 0) is 9.47 Å². The highest BCUT2D eigenvalue weighted by Gasteiger charge is 2.27. The van der Waals surface area contributed by atoms with Gasteiger partial charge in [-0.2, -0.15) is 0 Å². The summed E-state index contributed by atoms with van der Waals surface area (Å²) in [7, 11) is 0. The summed E-state index contributed by atoms with van der Waals surface area (Å²) in [5.41, 5.74) is 1.81. The molecule has 1 aromatic heterocycles. The summed E-state index contributed by atoms with van der Waals surface area (Å²) in [5, 5.41) is 0. The van der Waals surface area contributed by atoms with Gasteiger partial charge >= 0.3 is 12.2 Å². The lowest BCUT2D eigenvalue weighted by atomic mass is 10.1. The van der Waals surface area contributed by atoms with Gasteiger partial charge in [-0.3, -0.25) is 0 Å². The molecule has 2 amide bonds. The molecule has 0 saturated heterocycles. The summed E-state index contributed by atoms with van der Waals surface area (Å²) in [5.74, 6) is 0.578. The average Bonchev–Trinajstić information content (AvgIpc) is 3.16. The Balaban J connectivity index is 1.59. The van der Waals surface area contributed by atoms with Crippen molar-refractivity contribution in [1.29, 1.82) is 0 Å². The van der Waals surface area contributed by atoms with Gasteiger partial charge in [-0.25, -0.2) is 14.6 Å². The molecule has 3 rings (SSSR count). The van der Waals surface area contributed by atoms with Crippen LogP contribution in [-0.4, -0.2) is 64.4 Å². The number of carbonyl (C=O) groups excluding carboxylic acids is 2. The number of nitrogens with zero attached hydrogens (tertiary/aromatic N) is 3. The van der Waals surface area contributed by atoms with Crippen molar-refractivity contribution in [2.24, 2.45) is 0 Å². The van der Waals surface area contributed by atoms with Crippen molar-refractivity contribution in [3.8, 4) is 0 Å². The molecule has 0 atom stereocenters. The fourth-order valence-corrected chi connectivity index (χ4v) is 3.32. The molecule has 0 saturated carbocycles. The lowest BCUT2D eigenvalue weighted by Gasteiger charge is -2.29. The van der Waals surface area contributed by atoms with Crippen LogP contribution in [0.15, 0.2) is 22.8 Å². The van der Waals surface area contributed by atoms with Crippen LogP contribution in [0.1, 0.15) is 66.0 Å². The minimum absolute atomic E-state index is 0.300. The Morgan fingerprint density at radius 1 is 0.871 bits per heavy atom. The zero-order valence-electron chi connectivity index (χ0n) is 19.4. The largest absolute Gasteiger partial charge is 0.444 e. The molecule has 0 fully saturated rings. The van der Waals surface area contributed by atoms with Crippen LogP contribution in [0.5, 0.6) is 0 Å². The van der Waals surface area contributed by atoms with Crippen molar-refractivity contribution in [3.05, 3.63) is 30.0 Å². The van der Waals surface area contributed by atoms with Gasteiger partial charge in [0.2, 0.25) is 5.89 Å². The van der Waals surface area contributed by atoms with E-state index < -0.39 is 11.2 Å². The van der Waals surface area contributed by atoms with Gasteiger partial charge in [0, 0.05) is 31.8 Å². The number of amides is 2. The third-order valence-electron chi connectivity index (χ3n) is 4.83. The van der Waals surface area contributed by atoms with Gasteiger partial charge in [0.25, 0.3) is 0 Å². The second-order valence-corrected chi connectivity index (χ2v) is 9.85. The molecule has 2 aliphatic rings. The summed E-state index contributed by atoms with van der Waals surface area (Å²) in [6.45, 7) is 13.3. The summed E-state index contributed by atoms with van der Waals surface area (Å²) in [6.07, 6.45) is 6.35. The summed E-state index contributed by atoms with van der Waals surface area (Å²) in [6, 6.07) is 0. The molecule has 0 aliphatic carbocycles. The van der Waals surface area contributed by atoms with Gasteiger partial charge in [-0.15, -0.1) is 0 Å². The van der Waals surface area contributed by atoms with E-state index >= 15 is 0 Å². The SMILES string of the molecule is CC(C)(C)OC(=O)N1CC=C(c2coc(C3=CCN(C(=O)OC(C)(C)C)CC3)n2)CC1. The molecule has 31 heavy (non-hydrogen) atoms. The van der Waals surface area contributed by atoms with Crippen LogP contribution in [0, 0.1) is 0 Å². The molecule has 170 valence electrons. The minimum Gasteiger partial charge on any atom is -0.444 e. The maximum absolute atomic E-state index is 12.2. The van der Waals surface area contributed by atoms with E-state index in [2.05, 4.69) is 4.98 Å². The van der Waals surface area contributed by atoms with Crippen LogP contribution >= 0.6 is 0 Å². The van der Waals surface area contributed by atoms with Crippen molar-refractivity contribution in [3.63, 3.8) is 0 Å². The Bertz CT molecular complexity index is 815. The normalized spacial score (nSPS) is 17.7. The lowest BCUT2D eigenvalue weighted by molar-refractivity contribution is 0.0259. The first-order valence-corrected chi connectivity index (χ1v) is 10.7. The summed E-state index contributed by atoms with van der Waals surface area (Å²) < 4.78 is 16.6. The molecular formula is C23H33N3O5. The number of hydrogen-bond acceptors (Lipinski definition) is 6. The van der Waals surface area contributed by atoms with E-state index in [1.807, 2.05) is 53.7 Å². The molecule has 0 unspecified atom stereocenters. The molecule has 2 aliphatic heterocycles. The number of ether oxygens (including phenoxy) is 2. The van der Waals surface area contributed by atoms with Crippen molar-refractivity contribution in [1.82, 2.24) is 14.8 Å². The summed E-state index contributed by atoms with van der Waals surface area (Å²) in [4.78, 5) is 32.4. The highest BCUT2D eigenvalue weighted by Crippen LogP contribution is 2.27. The Morgan fingerprint density at radius 2 is 1.35 bits per heavy atom. The minimum atomic E-state index is -0.509. The van der Waals surface area contributed by atoms with Gasteiger partial charge in [0.15, 0.2) is 0 Å². The zero-order valence-corrected chi connectivity index (χ0v) is 19.4. The maximum atomic E-state index is 12.2. The van der Waals surface area contributed by atoms with E-state index in [1.165, 1.54) is 0 Å². The first-order valence-electron chi connectivity index (χ1n) is 10.7. The molecule has 8 heteroatoms. The Morgan fingerprint density at radius 3 is 1.77 bits per heavy atom. The second kappa shape index (κ2) is 8.77. The fourth-order valence-electron chi connectivity index (χ4n) is 3.32. The molecule has 0 N–H and O–H groups in total. The summed E-state index contributed by atoms with van der Waals surface area (Å²) >= 11 is 0. The van der Waals surface area contributed by atoms with Crippen LogP contribution in [0.4, 0.5) is 9.59 Å². The average molecular weight is 432 g/mol. The van der Waals surface area contributed by atoms with Gasteiger partial charge < -0.3 is 23.7 Å². The van der Waals surface area contributed by atoms with Crippen molar-refractivity contribution < 1.29 is 23.5 Å². The zero-order chi connectivity index (χ0) is 22.8. The van der Waals surface area contributed by atoms with E-state index in [0.717, 1.165) is 16.8 Å². The Kier molecular flexibility index (Phi) is 6.48. The Labute approximate surface area is 183 Å². The van der Waals surface area contributed by atoms with E-state index in [0.29, 0.717) is 44.9 Å². The molecule has 0 radical (unpaired) electrons. The van der Waals surface area contributed by atoms with Crippen molar-refractivity contribution >= 4 is 23.3 Å². The van der Waals surface area contributed by atoms with Gasteiger partial charge in [0.05, 0.1) is 0 Å². The molecule has 0 bridgehead atoms. The van der Waals surface area contributed by atoms with E-state index in [4.69, 9.17) is 13.9 Å². The van der Waals surface area contributed by atoms with Gasteiger partial charge in [0.1, 0.15) is 23.2 Å². The Hall–Kier alpha value is -2.77. The predicted octanol–water partition coefficient (Wildman–Crippen LogP) is 4.72. The number of aromatic nitrogens is 1. The van der Waals surface area contributed by atoms with Crippen molar-refractivity contribution in [2.75, 3.05) is 26.2 Å². The second-order valence-electron chi connectivity index (χ2n) is 9.85.